The number of carboxylic acid groups (broad SMARTS) is 1. The van der Waals surface area contributed by atoms with Crippen molar-refractivity contribution in [3.05, 3.63) is 44.7 Å². The first kappa shape index (κ1) is 15.6. The lowest BCUT2D eigenvalue weighted by Gasteiger charge is -2.11. The summed E-state index contributed by atoms with van der Waals surface area (Å²) < 4.78 is 1.09. The highest BCUT2D eigenvalue weighted by molar-refractivity contribution is 9.10. The minimum Gasteiger partial charge on any atom is -0.481 e. The highest BCUT2D eigenvalue weighted by atomic mass is 79.9. The van der Waals surface area contributed by atoms with Crippen LogP contribution in [0.25, 0.3) is 11.4 Å². The number of hydrogen-bond acceptors (Lipinski definition) is 3. The van der Waals surface area contributed by atoms with E-state index in [2.05, 4.69) is 25.9 Å². The smallest absolute Gasteiger partial charge is 0.307 e. The molecule has 1 N–H and O–H groups in total. The van der Waals surface area contributed by atoms with Crippen molar-refractivity contribution >= 4 is 21.9 Å². The summed E-state index contributed by atoms with van der Waals surface area (Å²) in [6.07, 6.45) is -0.0453. The monoisotopic (exact) mass is 348 g/mol. The van der Waals surface area contributed by atoms with Gasteiger partial charge in [0.05, 0.1) is 6.42 Å². The number of aromatic nitrogens is 2. The molecule has 0 atom stereocenters. The number of carbonyl (C=O) groups is 1. The first-order valence-corrected chi connectivity index (χ1v) is 7.42. The Labute approximate surface area is 132 Å². The maximum absolute atomic E-state index is 10.9. The van der Waals surface area contributed by atoms with Crippen LogP contribution in [-0.2, 0) is 11.2 Å². The van der Waals surface area contributed by atoms with Gasteiger partial charge in [0, 0.05) is 27.0 Å². The highest BCUT2D eigenvalue weighted by Gasteiger charge is 2.14. The van der Waals surface area contributed by atoms with Crippen molar-refractivity contribution in [3.63, 3.8) is 0 Å². The molecule has 0 spiro atoms. The van der Waals surface area contributed by atoms with Gasteiger partial charge in [-0.05, 0) is 51.0 Å². The lowest BCUT2D eigenvalue weighted by atomic mass is 10.1. The summed E-state index contributed by atoms with van der Waals surface area (Å²) in [5, 5.41) is 8.94. The Morgan fingerprint density at radius 2 is 1.57 bits per heavy atom. The van der Waals surface area contributed by atoms with Gasteiger partial charge in [0.1, 0.15) is 0 Å². The maximum Gasteiger partial charge on any atom is 0.307 e. The number of hydrogen-bond donors (Lipinski definition) is 1. The van der Waals surface area contributed by atoms with E-state index in [1.54, 1.807) is 0 Å². The second-order valence-corrected chi connectivity index (χ2v) is 5.98. The largest absolute Gasteiger partial charge is 0.481 e. The summed E-state index contributed by atoms with van der Waals surface area (Å²) in [4.78, 5) is 19.9. The zero-order chi connectivity index (χ0) is 15.7. The predicted molar refractivity (Wildman–Crippen MR) is 85.5 cm³/mol. The third kappa shape index (κ3) is 3.29. The Kier molecular flexibility index (Phi) is 4.42. The molecule has 0 aliphatic carbocycles. The van der Waals surface area contributed by atoms with E-state index in [0.29, 0.717) is 11.4 Å². The van der Waals surface area contributed by atoms with Crippen LogP contribution in [0.15, 0.2) is 16.6 Å². The number of benzene rings is 1. The van der Waals surface area contributed by atoms with Gasteiger partial charge < -0.3 is 5.11 Å². The van der Waals surface area contributed by atoms with Gasteiger partial charge in [0.2, 0.25) is 0 Å². The molecule has 0 bridgehead atoms. The van der Waals surface area contributed by atoms with Crippen LogP contribution in [0.5, 0.6) is 0 Å². The number of aliphatic carboxylic acids is 1. The summed E-state index contributed by atoms with van der Waals surface area (Å²) >= 11 is 3.55. The maximum atomic E-state index is 10.9. The van der Waals surface area contributed by atoms with Gasteiger partial charge in [-0.1, -0.05) is 15.9 Å². The van der Waals surface area contributed by atoms with Crippen LogP contribution in [0.4, 0.5) is 0 Å². The molecular weight excluding hydrogens is 332 g/mol. The molecule has 0 fully saturated rings. The summed E-state index contributed by atoms with van der Waals surface area (Å²) in [6.45, 7) is 7.71. The highest BCUT2D eigenvalue weighted by Crippen LogP contribution is 2.27. The molecule has 0 aliphatic rings. The number of nitrogens with zero attached hydrogens (tertiary/aromatic N) is 2. The number of aryl methyl sites for hydroxylation is 4. The quantitative estimate of drug-likeness (QED) is 0.916. The van der Waals surface area contributed by atoms with Crippen molar-refractivity contribution in [1.29, 1.82) is 0 Å². The molecule has 0 saturated carbocycles. The average molecular weight is 349 g/mol. The molecule has 2 aromatic rings. The topological polar surface area (TPSA) is 63.1 Å². The van der Waals surface area contributed by atoms with Crippen molar-refractivity contribution in [2.75, 3.05) is 0 Å². The van der Waals surface area contributed by atoms with Gasteiger partial charge >= 0.3 is 5.97 Å². The molecule has 21 heavy (non-hydrogen) atoms. The number of rotatable bonds is 3. The SMILES string of the molecule is Cc1cc(-c2nc(C)c(CC(=O)O)c(C)n2)cc(C)c1Br. The lowest BCUT2D eigenvalue weighted by Crippen LogP contribution is -2.08. The Hall–Kier alpha value is -1.75. The van der Waals surface area contributed by atoms with Crippen LogP contribution in [-0.4, -0.2) is 21.0 Å². The molecule has 0 radical (unpaired) electrons. The van der Waals surface area contributed by atoms with E-state index in [-0.39, 0.29) is 6.42 Å². The third-order valence-corrected chi connectivity index (χ3v) is 4.69. The first-order chi connectivity index (χ1) is 9.79. The molecule has 110 valence electrons. The van der Waals surface area contributed by atoms with Crippen LogP contribution in [0, 0.1) is 27.7 Å². The van der Waals surface area contributed by atoms with E-state index >= 15 is 0 Å². The molecule has 5 heteroatoms. The van der Waals surface area contributed by atoms with Gasteiger partial charge in [-0.3, -0.25) is 4.79 Å². The van der Waals surface area contributed by atoms with Crippen LogP contribution < -0.4 is 0 Å². The molecule has 0 unspecified atom stereocenters. The van der Waals surface area contributed by atoms with E-state index < -0.39 is 5.97 Å². The van der Waals surface area contributed by atoms with Crippen molar-refractivity contribution in [2.24, 2.45) is 0 Å². The van der Waals surface area contributed by atoms with E-state index in [1.165, 1.54) is 0 Å². The standard InChI is InChI=1S/C16H17BrN2O2/c1-8-5-12(6-9(2)15(8)17)16-18-10(3)13(7-14(20)21)11(4)19-16/h5-6H,7H2,1-4H3,(H,20,21). The van der Waals surface area contributed by atoms with Crippen molar-refractivity contribution < 1.29 is 9.90 Å². The summed E-state index contributed by atoms with van der Waals surface area (Å²) in [5.74, 6) is -0.231. The first-order valence-electron chi connectivity index (χ1n) is 6.62. The molecule has 2 rings (SSSR count). The Morgan fingerprint density at radius 1 is 1.10 bits per heavy atom. The number of halogens is 1. The zero-order valence-corrected chi connectivity index (χ0v) is 14.1. The Balaban J connectivity index is 2.54. The molecule has 1 aromatic heterocycles. The molecule has 1 aromatic carbocycles. The van der Waals surface area contributed by atoms with Crippen molar-refractivity contribution in [2.45, 2.75) is 34.1 Å². The fraction of sp³-hybridized carbons (Fsp3) is 0.312. The summed E-state index contributed by atoms with van der Waals surface area (Å²) in [5.41, 5.74) is 5.33. The van der Waals surface area contributed by atoms with Crippen molar-refractivity contribution in [1.82, 2.24) is 9.97 Å². The summed E-state index contributed by atoms with van der Waals surface area (Å²) in [7, 11) is 0. The summed E-state index contributed by atoms with van der Waals surface area (Å²) in [6, 6.07) is 4.06. The third-order valence-electron chi connectivity index (χ3n) is 3.44. The second-order valence-electron chi connectivity index (χ2n) is 5.19. The second kappa shape index (κ2) is 5.93. The van der Waals surface area contributed by atoms with E-state index in [1.807, 2.05) is 39.8 Å². The fourth-order valence-electron chi connectivity index (χ4n) is 2.35. The van der Waals surface area contributed by atoms with Gasteiger partial charge in [-0.25, -0.2) is 9.97 Å². The molecule has 4 nitrogen and oxygen atoms in total. The fourth-order valence-corrected chi connectivity index (χ4v) is 2.58. The van der Waals surface area contributed by atoms with Crippen LogP contribution in [0.2, 0.25) is 0 Å². The van der Waals surface area contributed by atoms with Gasteiger partial charge in [0.25, 0.3) is 0 Å². The molecule has 0 saturated heterocycles. The minimum absolute atomic E-state index is 0.0453. The Morgan fingerprint density at radius 3 is 2.00 bits per heavy atom. The van der Waals surface area contributed by atoms with Gasteiger partial charge in [-0.2, -0.15) is 0 Å². The molecule has 1 heterocycles. The van der Waals surface area contributed by atoms with Gasteiger partial charge in [0.15, 0.2) is 5.82 Å². The van der Waals surface area contributed by atoms with Crippen LogP contribution >= 0.6 is 15.9 Å². The van der Waals surface area contributed by atoms with Crippen LogP contribution in [0.1, 0.15) is 28.1 Å². The van der Waals surface area contributed by atoms with Gasteiger partial charge in [-0.15, -0.1) is 0 Å². The van der Waals surface area contributed by atoms with E-state index in [4.69, 9.17) is 5.11 Å². The lowest BCUT2D eigenvalue weighted by molar-refractivity contribution is -0.136. The van der Waals surface area contributed by atoms with Crippen LogP contribution in [0.3, 0.4) is 0 Å². The molecular formula is C16H17BrN2O2. The van der Waals surface area contributed by atoms with E-state index in [0.717, 1.165) is 32.6 Å². The number of carboxylic acids is 1. The minimum atomic E-state index is -0.868. The zero-order valence-electron chi connectivity index (χ0n) is 12.5. The predicted octanol–water partition coefficient (Wildman–Crippen LogP) is 3.77. The Bertz CT molecular complexity index is 680. The van der Waals surface area contributed by atoms with E-state index in [9.17, 15) is 4.79 Å². The molecule has 0 amide bonds. The van der Waals surface area contributed by atoms with Crippen molar-refractivity contribution in [3.8, 4) is 11.4 Å². The normalized spacial score (nSPS) is 10.7. The average Bonchev–Trinajstić information content (AvgIpc) is 2.39. The molecule has 0 aliphatic heterocycles.